The molecule has 1 amide bonds. The number of carbonyl (C=O) groups is 1. The monoisotopic (exact) mass is 228 g/mol. The Morgan fingerprint density at radius 1 is 1.60 bits per heavy atom. The molecule has 0 aliphatic carbocycles. The van der Waals surface area contributed by atoms with E-state index in [0.717, 1.165) is 0 Å². The van der Waals surface area contributed by atoms with Crippen molar-refractivity contribution in [2.24, 2.45) is 5.92 Å². The summed E-state index contributed by atoms with van der Waals surface area (Å²) in [5, 5.41) is 0.356. The highest BCUT2D eigenvalue weighted by Gasteiger charge is 2.05. The van der Waals surface area contributed by atoms with Crippen LogP contribution in [0.5, 0.6) is 0 Å². The predicted molar refractivity (Wildman–Crippen MR) is 57.5 cm³/mol. The Labute approximate surface area is 93.6 Å². The number of aromatic nitrogens is 1. The molecule has 0 atom stereocenters. The van der Waals surface area contributed by atoms with E-state index in [4.69, 9.17) is 16.4 Å². The van der Waals surface area contributed by atoms with E-state index < -0.39 is 0 Å². The molecular weight excluding hydrogens is 216 g/mol. The molecule has 1 aromatic heterocycles. The van der Waals surface area contributed by atoms with Crippen molar-refractivity contribution in [3.05, 3.63) is 29.0 Å². The first kappa shape index (κ1) is 11.9. The second kappa shape index (κ2) is 5.68. The van der Waals surface area contributed by atoms with E-state index in [1.54, 1.807) is 12.1 Å². The van der Waals surface area contributed by atoms with Crippen LogP contribution in [0.25, 0.3) is 0 Å². The van der Waals surface area contributed by atoms with E-state index in [1.807, 2.05) is 13.8 Å². The van der Waals surface area contributed by atoms with E-state index in [9.17, 15) is 4.79 Å². The minimum absolute atomic E-state index is 0.320. The molecule has 82 valence electrons. The standard InChI is InChI=1S/C10H13ClN2O2/c1-7(2)6-15-13-10(14)8-3-4-9(11)12-5-8/h3-5,7H,6H2,1-2H3,(H,13,14). The summed E-state index contributed by atoms with van der Waals surface area (Å²) in [6, 6.07) is 3.14. The van der Waals surface area contributed by atoms with Crippen molar-refractivity contribution in [3.63, 3.8) is 0 Å². The fourth-order valence-electron chi connectivity index (χ4n) is 0.843. The van der Waals surface area contributed by atoms with Crippen molar-refractivity contribution in [1.82, 2.24) is 10.5 Å². The van der Waals surface area contributed by atoms with Gasteiger partial charge in [-0.1, -0.05) is 25.4 Å². The van der Waals surface area contributed by atoms with E-state index in [-0.39, 0.29) is 5.91 Å². The molecule has 15 heavy (non-hydrogen) atoms. The lowest BCUT2D eigenvalue weighted by Crippen LogP contribution is -2.25. The first-order chi connectivity index (χ1) is 7.09. The number of nitrogens with zero attached hydrogens (tertiary/aromatic N) is 1. The molecule has 1 heterocycles. The molecular formula is C10H13ClN2O2. The molecule has 5 heteroatoms. The van der Waals surface area contributed by atoms with Gasteiger partial charge in [0.15, 0.2) is 0 Å². The van der Waals surface area contributed by atoms with Gasteiger partial charge in [0.05, 0.1) is 12.2 Å². The van der Waals surface area contributed by atoms with Crippen LogP contribution in [0.4, 0.5) is 0 Å². The number of nitrogens with one attached hydrogen (secondary N) is 1. The zero-order valence-corrected chi connectivity index (χ0v) is 9.41. The number of rotatable bonds is 4. The fourth-order valence-corrected chi connectivity index (χ4v) is 0.955. The van der Waals surface area contributed by atoms with Crippen LogP contribution in [0, 0.1) is 5.92 Å². The minimum atomic E-state index is -0.320. The SMILES string of the molecule is CC(C)CONC(=O)c1ccc(Cl)nc1. The summed E-state index contributed by atoms with van der Waals surface area (Å²) in [4.78, 5) is 20.2. The van der Waals surface area contributed by atoms with Gasteiger partial charge in [-0.3, -0.25) is 9.63 Å². The molecule has 0 radical (unpaired) electrons. The number of hydroxylamine groups is 1. The molecule has 0 aliphatic heterocycles. The quantitative estimate of drug-likeness (QED) is 0.634. The first-order valence-electron chi connectivity index (χ1n) is 4.63. The molecule has 0 saturated heterocycles. The lowest BCUT2D eigenvalue weighted by molar-refractivity contribution is 0.0208. The number of amides is 1. The molecule has 0 aromatic carbocycles. The lowest BCUT2D eigenvalue weighted by atomic mass is 10.2. The molecule has 1 N–H and O–H groups in total. The normalized spacial score (nSPS) is 10.4. The van der Waals surface area contributed by atoms with Gasteiger partial charge in [0, 0.05) is 6.20 Å². The molecule has 0 fully saturated rings. The van der Waals surface area contributed by atoms with Crippen LogP contribution in [0.1, 0.15) is 24.2 Å². The Bertz CT molecular complexity index is 325. The summed E-state index contributed by atoms with van der Waals surface area (Å²) in [6.07, 6.45) is 1.40. The fraction of sp³-hybridized carbons (Fsp3) is 0.400. The van der Waals surface area contributed by atoms with Crippen molar-refractivity contribution in [2.45, 2.75) is 13.8 Å². The zero-order chi connectivity index (χ0) is 11.3. The summed E-state index contributed by atoms with van der Waals surface area (Å²) in [6.45, 7) is 4.47. The van der Waals surface area contributed by atoms with Crippen LogP contribution >= 0.6 is 11.6 Å². The summed E-state index contributed by atoms with van der Waals surface area (Å²) in [5.74, 6) is 0.0495. The Kier molecular flexibility index (Phi) is 4.52. The molecule has 0 bridgehead atoms. The Balaban J connectivity index is 2.43. The number of hydrogen-bond acceptors (Lipinski definition) is 3. The molecule has 1 aromatic rings. The third-order valence-corrected chi connectivity index (χ3v) is 1.79. The topological polar surface area (TPSA) is 51.2 Å². The smallest absolute Gasteiger partial charge is 0.273 e. The average molecular weight is 229 g/mol. The van der Waals surface area contributed by atoms with Crippen LogP contribution in [-0.4, -0.2) is 17.5 Å². The largest absolute Gasteiger partial charge is 0.276 e. The third kappa shape index (κ3) is 4.27. The van der Waals surface area contributed by atoms with Crippen LogP contribution in [0.15, 0.2) is 18.3 Å². The van der Waals surface area contributed by atoms with Crippen molar-refractivity contribution < 1.29 is 9.63 Å². The van der Waals surface area contributed by atoms with Crippen molar-refractivity contribution in [2.75, 3.05) is 6.61 Å². The van der Waals surface area contributed by atoms with Crippen molar-refractivity contribution >= 4 is 17.5 Å². The molecule has 0 saturated carbocycles. The maximum absolute atomic E-state index is 11.4. The Morgan fingerprint density at radius 2 is 2.33 bits per heavy atom. The zero-order valence-electron chi connectivity index (χ0n) is 8.66. The molecule has 0 aliphatic rings. The predicted octanol–water partition coefficient (Wildman–Crippen LogP) is 2.05. The summed E-state index contributed by atoms with van der Waals surface area (Å²) in [7, 11) is 0. The van der Waals surface area contributed by atoms with Gasteiger partial charge in [0.1, 0.15) is 5.15 Å². The van der Waals surface area contributed by atoms with Crippen LogP contribution in [0.2, 0.25) is 5.15 Å². The van der Waals surface area contributed by atoms with Gasteiger partial charge in [-0.25, -0.2) is 10.5 Å². The molecule has 1 rings (SSSR count). The average Bonchev–Trinajstić information content (AvgIpc) is 2.18. The van der Waals surface area contributed by atoms with E-state index in [1.165, 1.54) is 6.20 Å². The minimum Gasteiger partial charge on any atom is -0.273 e. The van der Waals surface area contributed by atoms with Crippen LogP contribution < -0.4 is 5.48 Å². The van der Waals surface area contributed by atoms with Gasteiger partial charge in [-0.15, -0.1) is 0 Å². The number of hydrogen-bond donors (Lipinski definition) is 1. The van der Waals surface area contributed by atoms with Crippen molar-refractivity contribution in [1.29, 1.82) is 0 Å². The van der Waals surface area contributed by atoms with Gasteiger partial charge in [-0.05, 0) is 18.1 Å². The number of pyridine rings is 1. The van der Waals surface area contributed by atoms with Crippen LogP contribution in [0.3, 0.4) is 0 Å². The van der Waals surface area contributed by atoms with E-state index in [2.05, 4.69) is 10.5 Å². The number of halogens is 1. The van der Waals surface area contributed by atoms with Crippen LogP contribution in [-0.2, 0) is 4.84 Å². The molecule has 0 spiro atoms. The second-order valence-corrected chi connectivity index (χ2v) is 3.89. The number of carbonyl (C=O) groups excluding carboxylic acids is 1. The molecule has 0 unspecified atom stereocenters. The lowest BCUT2D eigenvalue weighted by Gasteiger charge is -2.07. The Morgan fingerprint density at radius 3 is 2.87 bits per heavy atom. The highest BCUT2D eigenvalue weighted by Crippen LogP contribution is 2.04. The summed E-state index contributed by atoms with van der Waals surface area (Å²) < 4.78 is 0. The Hall–Kier alpha value is -1.13. The maximum Gasteiger partial charge on any atom is 0.276 e. The highest BCUT2D eigenvalue weighted by molar-refractivity contribution is 6.29. The van der Waals surface area contributed by atoms with Gasteiger partial charge < -0.3 is 0 Å². The van der Waals surface area contributed by atoms with E-state index in [0.29, 0.717) is 23.2 Å². The van der Waals surface area contributed by atoms with Gasteiger partial charge in [-0.2, -0.15) is 0 Å². The van der Waals surface area contributed by atoms with Gasteiger partial charge in [0.25, 0.3) is 5.91 Å². The first-order valence-corrected chi connectivity index (χ1v) is 5.01. The highest BCUT2D eigenvalue weighted by atomic mass is 35.5. The second-order valence-electron chi connectivity index (χ2n) is 3.51. The molecule has 4 nitrogen and oxygen atoms in total. The summed E-state index contributed by atoms with van der Waals surface area (Å²) in [5.41, 5.74) is 2.75. The van der Waals surface area contributed by atoms with Crippen molar-refractivity contribution in [3.8, 4) is 0 Å². The van der Waals surface area contributed by atoms with Gasteiger partial charge >= 0.3 is 0 Å². The summed E-state index contributed by atoms with van der Waals surface area (Å²) >= 11 is 5.59. The van der Waals surface area contributed by atoms with Gasteiger partial charge in [0.2, 0.25) is 0 Å². The third-order valence-electron chi connectivity index (χ3n) is 1.57. The van der Waals surface area contributed by atoms with E-state index >= 15 is 0 Å². The maximum atomic E-state index is 11.4.